The molecule has 1 amide bonds. The third-order valence-corrected chi connectivity index (χ3v) is 4.23. The number of hydrogen-bond acceptors (Lipinski definition) is 3. The number of amides is 1. The predicted molar refractivity (Wildman–Crippen MR) is 97.8 cm³/mol. The van der Waals surface area contributed by atoms with Gasteiger partial charge in [-0.15, -0.1) is 0 Å². The van der Waals surface area contributed by atoms with E-state index >= 15 is 0 Å². The summed E-state index contributed by atoms with van der Waals surface area (Å²) in [6, 6.07) is 11.0. The Kier molecular flexibility index (Phi) is 4.50. The minimum Gasteiger partial charge on any atom is -0.306 e. The summed E-state index contributed by atoms with van der Waals surface area (Å²) < 4.78 is 53.1. The molecule has 0 aliphatic rings. The largest absolute Gasteiger partial charge is 0.416 e. The van der Waals surface area contributed by atoms with Gasteiger partial charge in [-0.1, -0.05) is 12.1 Å². The van der Waals surface area contributed by atoms with Crippen molar-refractivity contribution in [3.8, 4) is 11.3 Å². The monoisotopic (exact) mass is 400 g/mol. The summed E-state index contributed by atoms with van der Waals surface area (Å²) >= 11 is 0. The topological polar surface area (TPSA) is 59.3 Å². The first kappa shape index (κ1) is 18.6. The molecular formula is C20H12F4N4O. The fraction of sp³-hybridized carbons (Fsp3) is 0.0500. The summed E-state index contributed by atoms with van der Waals surface area (Å²) in [6.45, 7) is 0. The Bertz CT molecular complexity index is 1180. The predicted octanol–water partition coefficient (Wildman–Crippen LogP) is 4.81. The first-order valence-electron chi connectivity index (χ1n) is 8.40. The van der Waals surface area contributed by atoms with Crippen molar-refractivity contribution in [1.29, 1.82) is 0 Å². The van der Waals surface area contributed by atoms with Crippen molar-refractivity contribution in [2.75, 3.05) is 5.32 Å². The number of rotatable bonds is 3. The van der Waals surface area contributed by atoms with Crippen LogP contribution in [0.1, 0.15) is 15.9 Å². The summed E-state index contributed by atoms with van der Waals surface area (Å²) in [4.78, 5) is 21.0. The Hall–Kier alpha value is -3.75. The van der Waals surface area contributed by atoms with Crippen molar-refractivity contribution >= 4 is 17.5 Å². The van der Waals surface area contributed by atoms with Gasteiger partial charge >= 0.3 is 6.18 Å². The van der Waals surface area contributed by atoms with Crippen molar-refractivity contribution < 1.29 is 22.4 Å². The number of nitrogens with one attached hydrogen (secondary N) is 1. The maximum atomic E-state index is 13.1. The van der Waals surface area contributed by atoms with Crippen molar-refractivity contribution in [2.45, 2.75) is 6.18 Å². The number of fused-ring (bicyclic) bond motifs is 1. The summed E-state index contributed by atoms with van der Waals surface area (Å²) in [5.74, 6) is -0.506. The molecule has 0 fully saturated rings. The normalized spacial score (nSPS) is 11.6. The molecule has 2 aromatic heterocycles. The number of carbonyl (C=O) groups excluding carboxylic acids is 1. The molecule has 5 nitrogen and oxygen atoms in total. The zero-order valence-electron chi connectivity index (χ0n) is 14.6. The molecule has 9 heteroatoms. The molecule has 146 valence electrons. The van der Waals surface area contributed by atoms with Crippen LogP contribution in [0.3, 0.4) is 0 Å². The van der Waals surface area contributed by atoms with E-state index in [4.69, 9.17) is 0 Å². The van der Waals surface area contributed by atoms with E-state index in [9.17, 15) is 22.4 Å². The lowest BCUT2D eigenvalue weighted by molar-refractivity contribution is -0.137. The number of hydrogen-bond donors (Lipinski definition) is 1. The van der Waals surface area contributed by atoms with Crippen LogP contribution in [0, 0.1) is 5.82 Å². The van der Waals surface area contributed by atoms with Gasteiger partial charge in [-0.25, -0.2) is 14.4 Å². The highest BCUT2D eigenvalue weighted by Gasteiger charge is 2.30. The molecule has 4 rings (SSSR count). The maximum absolute atomic E-state index is 13.1. The molecule has 0 radical (unpaired) electrons. The van der Waals surface area contributed by atoms with E-state index < -0.39 is 23.5 Å². The highest BCUT2D eigenvalue weighted by atomic mass is 19.4. The molecule has 2 heterocycles. The second kappa shape index (κ2) is 7.01. The Balaban J connectivity index is 1.77. The van der Waals surface area contributed by atoms with E-state index in [0.717, 1.165) is 24.3 Å². The third-order valence-electron chi connectivity index (χ3n) is 4.23. The average molecular weight is 400 g/mol. The first-order valence-corrected chi connectivity index (χ1v) is 8.40. The second-order valence-corrected chi connectivity index (χ2v) is 6.13. The Morgan fingerprint density at radius 3 is 2.34 bits per heavy atom. The molecule has 2 aromatic carbocycles. The Morgan fingerprint density at radius 1 is 1.00 bits per heavy atom. The minimum atomic E-state index is -4.46. The van der Waals surface area contributed by atoms with Crippen LogP contribution >= 0.6 is 0 Å². The average Bonchev–Trinajstić information content (AvgIpc) is 3.06. The Morgan fingerprint density at radius 2 is 1.69 bits per heavy atom. The van der Waals surface area contributed by atoms with Crippen molar-refractivity contribution in [2.24, 2.45) is 0 Å². The van der Waals surface area contributed by atoms with Crippen LogP contribution in [0.2, 0.25) is 0 Å². The molecule has 1 N–H and O–H groups in total. The van der Waals surface area contributed by atoms with E-state index in [1.807, 2.05) is 0 Å². The molecular weight excluding hydrogens is 388 g/mol. The van der Waals surface area contributed by atoms with Gasteiger partial charge in [0.25, 0.3) is 5.91 Å². The van der Waals surface area contributed by atoms with E-state index in [-0.39, 0.29) is 22.9 Å². The summed E-state index contributed by atoms with van der Waals surface area (Å²) in [5.41, 5.74) is 0.0504. The standard InChI is InChI=1S/C20H12F4N4O/c21-15-8-4-13(5-9-15)18(29)27-17-16(26-19-25-10-1-11-28(17)19)12-2-6-14(7-3-12)20(22,23)24/h1-11H,(H,27,29). The van der Waals surface area contributed by atoms with E-state index in [0.29, 0.717) is 5.56 Å². The van der Waals surface area contributed by atoms with Crippen LogP contribution < -0.4 is 5.32 Å². The van der Waals surface area contributed by atoms with Gasteiger partial charge in [-0.2, -0.15) is 13.2 Å². The lowest BCUT2D eigenvalue weighted by atomic mass is 10.1. The van der Waals surface area contributed by atoms with Gasteiger partial charge in [0.2, 0.25) is 5.78 Å². The molecule has 4 aromatic rings. The van der Waals surface area contributed by atoms with Gasteiger partial charge in [-0.05, 0) is 42.5 Å². The number of halogens is 4. The second-order valence-electron chi connectivity index (χ2n) is 6.13. The van der Waals surface area contributed by atoms with Crippen LogP contribution in [0.5, 0.6) is 0 Å². The molecule has 0 spiro atoms. The van der Waals surface area contributed by atoms with Gasteiger partial charge in [0.05, 0.1) is 5.56 Å². The zero-order chi connectivity index (χ0) is 20.6. The van der Waals surface area contributed by atoms with E-state index in [1.165, 1.54) is 34.9 Å². The molecule has 0 saturated carbocycles. The van der Waals surface area contributed by atoms with Crippen LogP contribution in [-0.2, 0) is 6.18 Å². The van der Waals surface area contributed by atoms with Crippen LogP contribution in [0.15, 0.2) is 67.0 Å². The SMILES string of the molecule is O=C(Nc1c(-c2ccc(C(F)(F)F)cc2)nc2ncccn12)c1ccc(F)cc1. The molecule has 0 unspecified atom stereocenters. The smallest absolute Gasteiger partial charge is 0.306 e. The summed E-state index contributed by atoms with van der Waals surface area (Å²) in [5, 5.41) is 2.69. The lowest BCUT2D eigenvalue weighted by Gasteiger charge is -2.09. The maximum Gasteiger partial charge on any atom is 0.416 e. The highest BCUT2D eigenvalue weighted by molar-refractivity contribution is 6.05. The lowest BCUT2D eigenvalue weighted by Crippen LogP contribution is -2.14. The number of nitrogens with zero attached hydrogens (tertiary/aromatic N) is 3. The molecule has 0 bridgehead atoms. The minimum absolute atomic E-state index is 0.212. The van der Waals surface area contributed by atoms with Crippen LogP contribution in [0.4, 0.5) is 23.4 Å². The van der Waals surface area contributed by atoms with Crippen molar-refractivity contribution in [3.05, 3.63) is 83.9 Å². The number of benzene rings is 2. The van der Waals surface area contributed by atoms with E-state index in [1.54, 1.807) is 12.3 Å². The van der Waals surface area contributed by atoms with Gasteiger partial charge in [0.15, 0.2) is 0 Å². The number of alkyl halides is 3. The van der Waals surface area contributed by atoms with Gasteiger partial charge < -0.3 is 5.32 Å². The molecule has 0 saturated heterocycles. The number of carbonyl (C=O) groups is 1. The van der Waals surface area contributed by atoms with Gasteiger partial charge in [-0.3, -0.25) is 9.20 Å². The van der Waals surface area contributed by atoms with Crippen molar-refractivity contribution in [3.63, 3.8) is 0 Å². The van der Waals surface area contributed by atoms with E-state index in [2.05, 4.69) is 15.3 Å². The number of aromatic nitrogens is 3. The van der Waals surface area contributed by atoms with Gasteiger partial charge in [0, 0.05) is 23.5 Å². The fourth-order valence-corrected chi connectivity index (χ4v) is 2.81. The zero-order valence-corrected chi connectivity index (χ0v) is 14.6. The fourth-order valence-electron chi connectivity index (χ4n) is 2.81. The van der Waals surface area contributed by atoms with Gasteiger partial charge in [0.1, 0.15) is 17.3 Å². The Labute approximate surface area is 161 Å². The van der Waals surface area contributed by atoms with Crippen LogP contribution in [-0.4, -0.2) is 20.3 Å². The quantitative estimate of drug-likeness (QED) is 0.503. The third kappa shape index (κ3) is 3.66. The van der Waals surface area contributed by atoms with Crippen molar-refractivity contribution in [1.82, 2.24) is 14.4 Å². The number of imidazole rings is 1. The molecule has 29 heavy (non-hydrogen) atoms. The number of anilines is 1. The summed E-state index contributed by atoms with van der Waals surface area (Å²) in [6.07, 6.45) is -1.34. The summed E-state index contributed by atoms with van der Waals surface area (Å²) in [7, 11) is 0. The highest BCUT2D eigenvalue weighted by Crippen LogP contribution is 2.33. The molecule has 0 aliphatic heterocycles. The molecule has 0 atom stereocenters. The van der Waals surface area contributed by atoms with Crippen LogP contribution in [0.25, 0.3) is 17.0 Å². The first-order chi connectivity index (χ1) is 13.8. The molecule has 0 aliphatic carbocycles.